The molecule has 0 bridgehead atoms. The number of hydrogen-bond acceptors (Lipinski definition) is 4. The molecule has 0 radical (unpaired) electrons. The molecule has 0 saturated heterocycles. The van der Waals surface area contributed by atoms with Gasteiger partial charge in [0.25, 0.3) is 0 Å². The summed E-state index contributed by atoms with van der Waals surface area (Å²) in [7, 11) is 1.76. The number of para-hydroxylation sites is 1. The highest BCUT2D eigenvalue weighted by atomic mass is 32.1. The van der Waals surface area contributed by atoms with Gasteiger partial charge in [0.05, 0.1) is 12.6 Å². The summed E-state index contributed by atoms with van der Waals surface area (Å²) in [5, 5.41) is 5.74. The van der Waals surface area contributed by atoms with Crippen molar-refractivity contribution >= 4 is 17.4 Å². The number of hydrogen-bond donors (Lipinski definition) is 1. The fraction of sp³-hybridized carbons (Fsp3) is 0.375. The monoisotopic (exact) mass is 319 g/mol. The summed E-state index contributed by atoms with van der Waals surface area (Å²) in [4.78, 5) is 17.9. The van der Waals surface area contributed by atoms with Crippen LogP contribution in [0.25, 0.3) is 0 Å². The summed E-state index contributed by atoms with van der Waals surface area (Å²) in [6, 6.07) is 7.63. The van der Waals surface area contributed by atoms with E-state index < -0.39 is 0 Å². The van der Waals surface area contributed by atoms with Gasteiger partial charge in [-0.1, -0.05) is 18.2 Å². The first-order chi connectivity index (χ1) is 10.6. The number of amides is 2. The quantitative estimate of drug-likeness (QED) is 0.890. The Balaban J connectivity index is 1.77. The minimum Gasteiger partial charge on any atom is -0.491 e. The molecule has 2 rings (SSSR count). The first-order valence-electron chi connectivity index (χ1n) is 7.14. The lowest BCUT2D eigenvalue weighted by atomic mass is 10.2. The van der Waals surface area contributed by atoms with E-state index >= 15 is 0 Å². The van der Waals surface area contributed by atoms with E-state index in [2.05, 4.69) is 10.3 Å². The van der Waals surface area contributed by atoms with Crippen molar-refractivity contribution in [2.75, 3.05) is 13.7 Å². The van der Waals surface area contributed by atoms with Crippen LogP contribution < -0.4 is 10.1 Å². The molecule has 1 aromatic carbocycles. The smallest absolute Gasteiger partial charge is 0.317 e. The third-order valence-corrected chi connectivity index (χ3v) is 3.92. The molecule has 118 valence electrons. The van der Waals surface area contributed by atoms with Gasteiger partial charge < -0.3 is 15.0 Å². The molecule has 0 spiro atoms. The van der Waals surface area contributed by atoms with Crippen LogP contribution in [0.1, 0.15) is 17.5 Å². The fourth-order valence-electron chi connectivity index (χ4n) is 1.90. The van der Waals surface area contributed by atoms with Crippen LogP contribution in [0.2, 0.25) is 0 Å². The first kappa shape index (κ1) is 16.3. The van der Waals surface area contributed by atoms with Gasteiger partial charge in [-0.05, 0) is 25.5 Å². The second kappa shape index (κ2) is 7.79. The third kappa shape index (κ3) is 4.73. The fourth-order valence-corrected chi connectivity index (χ4v) is 2.57. The van der Waals surface area contributed by atoms with E-state index in [1.54, 1.807) is 18.1 Å². The maximum Gasteiger partial charge on any atom is 0.317 e. The molecule has 22 heavy (non-hydrogen) atoms. The number of carbonyl (C=O) groups is 1. The molecule has 6 heteroatoms. The summed E-state index contributed by atoms with van der Waals surface area (Å²) in [6.07, 6.45) is 1.74. The number of benzene rings is 1. The molecule has 0 aliphatic rings. The predicted molar refractivity (Wildman–Crippen MR) is 88.2 cm³/mol. The molecule has 0 saturated carbocycles. The zero-order valence-corrected chi connectivity index (χ0v) is 13.9. The van der Waals surface area contributed by atoms with Crippen LogP contribution in [0.5, 0.6) is 5.75 Å². The topological polar surface area (TPSA) is 54.5 Å². The van der Waals surface area contributed by atoms with Crippen LogP contribution in [0.15, 0.2) is 35.8 Å². The average Bonchev–Trinajstić information content (AvgIpc) is 2.99. The SMILES string of the molecule is Cc1ccccc1OC[C@H](C)NC(=O)N(C)Cc1nccs1. The molecule has 0 unspecified atom stereocenters. The second-order valence-electron chi connectivity index (χ2n) is 5.21. The van der Waals surface area contributed by atoms with E-state index in [0.717, 1.165) is 16.3 Å². The molecule has 0 aliphatic heterocycles. The van der Waals surface area contributed by atoms with Crippen molar-refractivity contribution < 1.29 is 9.53 Å². The molecule has 2 amide bonds. The molecule has 1 heterocycles. The Morgan fingerprint density at radius 1 is 1.45 bits per heavy atom. The number of aryl methyl sites for hydroxylation is 1. The number of thiazole rings is 1. The molecule has 1 atom stereocenters. The summed E-state index contributed by atoms with van der Waals surface area (Å²) >= 11 is 1.54. The number of urea groups is 1. The maximum absolute atomic E-state index is 12.1. The van der Waals surface area contributed by atoms with Crippen LogP contribution in [-0.4, -0.2) is 35.6 Å². The number of carbonyl (C=O) groups excluding carboxylic acids is 1. The van der Waals surface area contributed by atoms with Crippen LogP contribution in [-0.2, 0) is 6.54 Å². The Hall–Kier alpha value is -2.08. The first-order valence-corrected chi connectivity index (χ1v) is 8.02. The van der Waals surface area contributed by atoms with Crippen LogP contribution in [0.4, 0.5) is 4.79 Å². The van der Waals surface area contributed by atoms with E-state index in [4.69, 9.17) is 4.74 Å². The van der Waals surface area contributed by atoms with Gasteiger partial charge in [0.1, 0.15) is 17.4 Å². The highest BCUT2D eigenvalue weighted by molar-refractivity contribution is 7.09. The molecule has 0 aliphatic carbocycles. The molecular formula is C16H21N3O2S. The van der Waals surface area contributed by atoms with E-state index in [9.17, 15) is 4.79 Å². The van der Waals surface area contributed by atoms with E-state index in [-0.39, 0.29) is 12.1 Å². The Labute approximate surface area is 134 Å². The highest BCUT2D eigenvalue weighted by Gasteiger charge is 2.14. The van der Waals surface area contributed by atoms with Crippen LogP contribution in [0, 0.1) is 6.92 Å². The van der Waals surface area contributed by atoms with Crippen molar-refractivity contribution in [3.05, 3.63) is 46.4 Å². The number of rotatable bonds is 6. The number of nitrogens with one attached hydrogen (secondary N) is 1. The minimum absolute atomic E-state index is 0.0779. The largest absolute Gasteiger partial charge is 0.491 e. The Kier molecular flexibility index (Phi) is 5.77. The molecular weight excluding hydrogens is 298 g/mol. The Morgan fingerprint density at radius 2 is 2.23 bits per heavy atom. The number of ether oxygens (including phenoxy) is 1. The Morgan fingerprint density at radius 3 is 2.91 bits per heavy atom. The number of aromatic nitrogens is 1. The standard InChI is InChI=1S/C16H21N3O2S/c1-12-6-4-5-7-14(12)21-11-13(2)18-16(20)19(3)10-15-17-8-9-22-15/h4-9,13H,10-11H2,1-3H3,(H,18,20)/t13-/m0/s1. The van der Waals surface area contributed by atoms with Gasteiger partial charge in [-0.25, -0.2) is 9.78 Å². The van der Waals surface area contributed by atoms with E-state index in [1.807, 2.05) is 43.5 Å². The second-order valence-corrected chi connectivity index (χ2v) is 6.19. The van der Waals surface area contributed by atoms with Gasteiger partial charge in [0.2, 0.25) is 0 Å². The lowest BCUT2D eigenvalue weighted by Gasteiger charge is -2.21. The van der Waals surface area contributed by atoms with E-state index in [1.165, 1.54) is 11.3 Å². The van der Waals surface area contributed by atoms with Crippen LogP contribution >= 0.6 is 11.3 Å². The normalized spacial score (nSPS) is 11.8. The van der Waals surface area contributed by atoms with Gasteiger partial charge in [0.15, 0.2) is 0 Å². The van der Waals surface area contributed by atoms with Gasteiger partial charge in [-0.15, -0.1) is 11.3 Å². The van der Waals surface area contributed by atoms with Gasteiger partial charge in [0, 0.05) is 18.6 Å². The van der Waals surface area contributed by atoms with Gasteiger partial charge in [-0.2, -0.15) is 0 Å². The van der Waals surface area contributed by atoms with Crippen molar-refractivity contribution in [2.45, 2.75) is 26.4 Å². The van der Waals surface area contributed by atoms with Crippen molar-refractivity contribution in [1.29, 1.82) is 0 Å². The molecule has 2 aromatic rings. The highest BCUT2D eigenvalue weighted by Crippen LogP contribution is 2.16. The minimum atomic E-state index is -0.129. The summed E-state index contributed by atoms with van der Waals surface area (Å²) in [5.41, 5.74) is 1.09. The lowest BCUT2D eigenvalue weighted by molar-refractivity contribution is 0.195. The number of nitrogens with zero attached hydrogens (tertiary/aromatic N) is 2. The predicted octanol–water partition coefficient (Wildman–Crippen LogP) is 3.06. The van der Waals surface area contributed by atoms with E-state index in [0.29, 0.717) is 13.2 Å². The average molecular weight is 319 g/mol. The summed E-state index contributed by atoms with van der Waals surface area (Å²) in [5.74, 6) is 0.847. The molecule has 1 aromatic heterocycles. The van der Waals surface area contributed by atoms with Gasteiger partial charge >= 0.3 is 6.03 Å². The van der Waals surface area contributed by atoms with Crippen LogP contribution in [0.3, 0.4) is 0 Å². The molecule has 5 nitrogen and oxygen atoms in total. The lowest BCUT2D eigenvalue weighted by Crippen LogP contribution is -2.43. The summed E-state index contributed by atoms with van der Waals surface area (Å²) in [6.45, 7) is 4.87. The third-order valence-electron chi connectivity index (χ3n) is 3.15. The maximum atomic E-state index is 12.1. The zero-order chi connectivity index (χ0) is 15.9. The van der Waals surface area contributed by atoms with Crippen molar-refractivity contribution in [2.24, 2.45) is 0 Å². The molecule has 1 N–H and O–H groups in total. The zero-order valence-electron chi connectivity index (χ0n) is 13.1. The molecule has 0 fully saturated rings. The van der Waals surface area contributed by atoms with Crippen molar-refractivity contribution in [3.63, 3.8) is 0 Å². The van der Waals surface area contributed by atoms with Crippen molar-refractivity contribution in [1.82, 2.24) is 15.2 Å². The van der Waals surface area contributed by atoms with Crippen molar-refractivity contribution in [3.8, 4) is 5.75 Å². The summed E-state index contributed by atoms with van der Waals surface area (Å²) < 4.78 is 5.74. The Bertz CT molecular complexity index is 601. The van der Waals surface area contributed by atoms with Gasteiger partial charge in [-0.3, -0.25) is 0 Å².